The van der Waals surface area contributed by atoms with Crippen molar-refractivity contribution in [1.29, 1.82) is 0 Å². The number of aliphatic hydroxyl groups excluding tert-OH is 1. The van der Waals surface area contributed by atoms with E-state index < -0.39 is 17.9 Å². The summed E-state index contributed by atoms with van der Waals surface area (Å²) in [5.41, 5.74) is 1.94. The summed E-state index contributed by atoms with van der Waals surface area (Å²) in [5.74, 6) is -1.66. The molecule has 0 fully saturated rings. The number of rotatable bonds is 6. The molecule has 0 aromatic heterocycles. The molecule has 1 unspecified atom stereocenters. The first-order chi connectivity index (χ1) is 9.02. The molecule has 0 aliphatic rings. The van der Waals surface area contributed by atoms with Crippen LogP contribution < -0.4 is 5.32 Å². The highest BCUT2D eigenvalue weighted by atomic mass is 16.4. The number of carboxylic acid groups (broad SMARTS) is 1. The standard InChI is InChI=1S/C14H17NO4/c1-10-3-2-4-11(9-10)5-6-13(17)15-12(7-8-16)14(18)19/h2-6,9,12,16H,7-8H2,1H3,(H,15,17)(H,18,19)/b6-5+. The number of aliphatic carboxylic acids is 1. The minimum absolute atomic E-state index is 0.0145. The fourth-order valence-electron chi connectivity index (χ4n) is 1.55. The number of nitrogens with one attached hydrogen (secondary N) is 1. The quantitative estimate of drug-likeness (QED) is 0.667. The normalized spacial score (nSPS) is 12.3. The Labute approximate surface area is 111 Å². The molecular formula is C14H17NO4. The van der Waals surface area contributed by atoms with Crippen molar-refractivity contribution in [2.24, 2.45) is 0 Å². The van der Waals surface area contributed by atoms with E-state index in [1.54, 1.807) is 6.08 Å². The summed E-state index contributed by atoms with van der Waals surface area (Å²) in [6.07, 6.45) is 2.88. The maximum atomic E-state index is 11.5. The van der Waals surface area contributed by atoms with Crippen molar-refractivity contribution in [2.75, 3.05) is 6.61 Å². The highest BCUT2D eigenvalue weighted by Gasteiger charge is 2.17. The topological polar surface area (TPSA) is 86.6 Å². The van der Waals surface area contributed by atoms with Crippen LogP contribution in [0.1, 0.15) is 17.5 Å². The van der Waals surface area contributed by atoms with E-state index in [-0.39, 0.29) is 13.0 Å². The minimum Gasteiger partial charge on any atom is -0.480 e. The Balaban J connectivity index is 2.61. The Morgan fingerprint density at radius 2 is 2.16 bits per heavy atom. The van der Waals surface area contributed by atoms with Crippen molar-refractivity contribution >= 4 is 18.0 Å². The average Bonchev–Trinajstić information content (AvgIpc) is 2.36. The van der Waals surface area contributed by atoms with E-state index in [4.69, 9.17) is 10.2 Å². The summed E-state index contributed by atoms with van der Waals surface area (Å²) in [6.45, 7) is 1.65. The lowest BCUT2D eigenvalue weighted by atomic mass is 10.1. The van der Waals surface area contributed by atoms with Gasteiger partial charge in [0.25, 0.3) is 0 Å². The van der Waals surface area contributed by atoms with Gasteiger partial charge >= 0.3 is 5.97 Å². The Bertz CT molecular complexity index is 482. The lowest BCUT2D eigenvalue weighted by Crippen LogP contribution is -2.40. The average molecular weight is 263 g/mol. The third kappa shape index (κ3) is 5.35. The van der Waals surface area contributed by atoms with Crippen LogP contribution in [0.25, 0.3) is 6.08 Å². The summed E-state index contributed by atoms with van der Waals surface area (Å²) < 4.78 is 0. The summed E-state index contributed by atoms with van der Waals surface area (Å²) in [5, 5.41) is 19.8. The number of carbonyl (C=O) groups excluding carboxylic acids is 1. The molecule has 0 saturated heterocycles. The van der Waals surface area contributed by atoms with Crippen molar-refractivity contribution in [3.05, 3.63) is 41.5 Å². The first-order valence-corrected chi connectivity index (χ1v) is 5.92. The van der Waals surface area contributed by atoms with E-state index in [9.17, 15) is 9.59 Å². The Kier molecular flexibility index (Phi) is 5.75. The fourth-order valence-corrected chi connectivity index (χ4v) is 1.55. The zero-order valence-corrected chi connectivity index (χ0v) is 10.7. The highest BCUT2D eigenvalue weighted by molar-refractivity contribution is 5.94. The molecule has 0 spiro atoms. The zero-order valence-electron chi connectivity index (χ0n) is 10.7. The summed E-state index contributed by atoms with van der Waals surface area (Å²) in [6, 6.07) is 6.50. The number of carbonyl (C=O) groups is 2. The van der Waals surface area contributed by atoms with Gasteiger partial charge in [0.1, 0.15) is 6.04 Å². The second-order valence-electron chi connectivity index (χ2n) is 4.16. The fraction of sp³-hybridized carbons (Fsp3) is 0.286. The lowest BCUT2D eigenvalue weighted by molar-refractivity contribution is -0.141. The van der Waals surface area contributed by atoms with Crippen molar-refractivity contribution < 1.29 is 19.8 Å². The SMILES string of the molecule is Cc1cccc(/C=C/C(=O)NC(CCO)C(=O)O)c1. The monoisotopic (exact) mass is 263 g/mol. The number of amides is 1. The summed E-state index contributed by atoms with van der Waals surface area (Å²) in [4.78, 5) is 22.3. The molecule has 19 heavy (non-hydrogen) atoms. The number of benzene rings is 1. The highest BCUT2D eigenvalue weighted by Crippen LogP contribution is 2.05. The van der Waals surface area contributed by atoms with Gasteiger partial charge in [-0.3, -0.25) is 4.79 Å². The van der Waals surface area contributed by atoms with Gasteiger partial charge in [0.2, 0.25) is 5.91 Å². The molecule has 102 valence electrons. The Morgan fingerprint density at radius 1 is 1.42 bits per heavy atom. The van der Waals surface area contributed by atoms with E-state index in [1.807, 2.05) is 31.2 Å². The smallest absolute Gasteiger partial charge is 0.326 e. The van der Waals surface area contributed by atoms with Crippen LogP contribution in [0.2, 0.25) is 0 Å². The molecule has 5 nitrogen and oxygen atoms in total. The van der Waals surface area contributed by atoms with Crippen LogP contribution in [-0.2, 0) is 9.59 Å². The number of hydrogen-bond donors (Lipinski definition) is 3. The third-order valence-electron chi connectivity index (χ3n) is 2.50. The van der Waals surface area contributed by atoms with Gasteiger partial charge in [-0.25, -0.2) is 4.79 Å². The van der Waals surface area contributed by atoms with E-state index in [1.165, 1.54) is 6.08 Å². The molecule has 1 amide bonds. The molecule has 0 saturated carbocycles. The van der Waals surface area contributed by atoms with Gasteiger partial charge < -0.3 is 15.5 Å². The van der Waals surface area contributed by atoms with Gasteiger partial charge in [-0.2, -0.15) is 0 Å². The molecule has 0 aliphatic heterocycles. The van der Waals surface area contributed by atoms with Gasteiger partial charge in [0, 0.05) is 19.1 Å². The predicted molar refractivity (Wildman–Crippen MR) is 71.5 cm³/mol. The molecule has 1 aromatic rings. The first kappa shape index (κ1) is 14.9. The molecule has 1 aromatic carbocycles. The third-order valence-corrected chi connectivity index (χ3v) is 2.50. The largest absolute Gasteiger partial charge is 0.480 e. The number of carboxylic acids is 1. The number of aliphatic hydroxyl groups is 1. The van der Waals surface area contributed by atoms with Crippen LogP contribution in [0, 0.1) is 6.92 Å². The second kappa shape index (κ2) is 7.33. The lowest BCUT2D eigenvalue weighted by Gasteiger charge is -2.11. The zero-order chi connectivity index (χ0) is 14.3. The van der Waals surface area contributed by atoms with E-state index in [0.29, 0.717) is 0 Å². The number of hydrogen-bond acceptors (Lipinski definition) is 3. The molecule has 0 bridgehead atoms. The molecular weight excluding hydrogens is 246 g/mol. The van der Waals surface area contributed by atoms with Crippen LogP contribution in [-0.4, -0.2) is 34.7 Å². The van der Waals surface area contributed by atoms with Crippen LogP contribution in [0.5, 0.6) is 0 Å². The van der Waals surface area contributed by atoms with Crippen LogP contribution in [0.4, 0.5) is 0 Å². The predicted octanol–water partition coefficient (Wildman–Crippen LogP) is 0.960. The van der Waals surface area contributed by atoms with Gasteiger partial charge in [-0.05, 0) is 18.6 Å². The molecule has 1 atom stereocenters. The molecule has 3 N–H and O–H groups in total. The molecule has 0 heterocycles. The second-order valence-corrected chi connectivity index (χ2v) is 4.16. The van der Waals surface area contributed by atoms with Crippen molar-refractivity contribution in [1.82, 2.24) is 5.32 Å². The van der Waals surface area contributed by atoms with Crippen molar-refractivity contribution in [3.8, 4) is 0 Å². The van der Waals surface area contributed by atoms with Gasteiger partial charge in [0.15, 0.2) is 0 Å². The molecule has 0 aliphatic carbocycles. The minimum atomic E-state index is -1.16. The van der Waals surface area contributed by atoms with Crippen LogP contribution in [0.3, 0.4) is 0 Å². The van der Waals surface area contributed by atoms with E-state index >= 15 is 0 Å². The van der Waals surface area contributed by atoms with E-state index in [0.717, 1.165) is 11.1 Å². The van der Waals surface area contributed by atoms with Gasteiger partial charge in [-0.1, -0.05) is 29.8 Å². The molecule has 0 radical (unpaired) electrons. The number of aryl methyl sites for hydroxylation is 1. The Morgan fingerprint density at radius 3 is 2.74 bits per heavy atom. The van der Waals surface area contributed by atoms with Crippen molar-refractivity contribution in [3.63, 3.8) is 0 Å². The first-order valence-electron chi connectivity index (χ1n) is 5.92. The van der Waals surface area contributed by atoms with Gasteiger partial charge in [-0.15, -0.1) is 0 Å². The molecule has 1 rings (SSSR count). The van der Waals surface area contributed by atoms with Crippen LogP contribution >= 0.6 is 0 Å². The maximum absolute atomic E-state index is 11.5. The van der Waals surface area contributed by atoms with Gasteiger partial charge in [0.05, 0.1) is 0 Å². The summed E-state index contributed by atoms with van der Waals surface area (Å²) >= 11 is 0. The van der Waals surface area contributed by atoms with Crippen LogP contribution in [0.15, 0.2) is 30.3 Å². The molecule has 5 heteroatoms. The van der Waals surface area contributed by atoms with Crippen molar-refractivity contribution in [2.45, 2.75) is 19.4 Å². The Hall–Kier alpha value is -2.14. The summed E-state index contributed by atoms with van der Waals surface area (Å²) in [7, 11) is 0. The van der Waals surface area contributed by atoms with E-state index in [2.05, 4.69) is 5.32 Å². The maximum Gasteiger partial charge on any atom is 0.326 e.